The lowest BCUT2D eigenvalue weighted by atomic mass is 10.0. The van der Waals surface area contributed by atoms with Crippen molar-refractivity contribution in [2.45, 2.75) is 5.16 Å². The Bertz CT molecular complexity index is 896. The van der Waals surface area contributed by atoms with Crippen LogP contribution < -0.4 is 4.74 Å². The molecule has 1 aromatic heterocycles. The molecular formula is C17H14ClN3O3S. The third-order valence-corrected chi connectivity index (χ3v) is 4.44. The van der Waals surface area contributed by atoms with Gasteiger partial charge in [-0.25, -0.2) is 4.98 Å². The maximum absolute atomic E-state index is 10.6. The van der Waals surface area contributed by atoms with Crippen LogP contribution in [0.15, 0.2) is 47.6 Å². The predicted molar refractivity (Wildman–Crippen MR) is 97.2 cm³/mol. The summed E-state index contributed by atoms with van der Waals surface area (Å²) in [4.78, 5) is 14.9. The Balaban J connectivity index is 1.81. The third kappa shape index (κ3) is 4.32. The van der Waals surface area contributed by atoms with Crippen molar-refractivity contribution in [1.29, 1.82) is 0 Å². The molecule has 0 aliphatic rings. The van der Waals surface area contributed by atoms with Crippen molar-refractivity contribution in [2.75, 3.05) is 12.9 Å². The van der Waals surface area contributed by atoms with E-state index in [1.165, 1.54) is 0 Å². The van der Waals surface area contributed by atoms with E-state index < -0.39 is 5.97 Å². The Morgan fingerprint density at radius 3 is 2.60 bits per heavy atom. The number of benzene rings is 2. The smallest absolute Gasteiger partial charge is 0.313 e. The number of H-pyrrole nitrogens is 1. The highest BCUT2D eigenvalue weighted by Gasteiger charge is 2.09. The van der Waals surface area contributed by atoms with Crippen molar-refractivity contribution < 1.29 is 14.6 Å². The number of carbonyl (C=O) groups is 1. The number of methoxy groups -OCH3 is 1. The molecule has 0 radical (unpaired) electrons. The lowest BCUT2D eigenvalue weighted by Crippen LogP contribution is -1.97. The van der Waals surface area contributed by atoms with E-state index in [1.54, 1.807) is 13.2 Å². The van der Waals surface area contributed by atoms with Crippen LogP contribution in [0.25, 0.3) is 22.5 Å². The first-order valence-corrected chi connectivity index (χ1v) is 8.64. The Labute approximate surface area is 153 Å². The fourth-order valence-corrected chi connectivity index (χ4v) is 2.98. The largest absolute Gasteiger partial charge is 0.497 e. The van der Waals surface area contributed by atoms with E-state index in [0.29, 0.717) is 21.8 Å². The van der Waals surface area contributed by atoms with Gasteiger partial charge in [-0.2, -0.15) is 0 Å². The predicted octanol–water partition coefficient (Wildman–Crippen LogP) is 3.98. The highest BCUT2D eigenvalue weighted by Crippen LogP contribution is 2.29. The second-order valence-electron chi connectivity index (χ2n) is 5.11. The van der Waals surface area contributed by atoms with Gasteiger partial charge in [0.15, 0.2) is 5.82 Å². The second kappa shape index (κ2) is 7.58. The molecule has 2 N–H and O–H groups in total. The van der Waals surface area contributed by atoms with E-state index in [4.69, 9.17) is 21.4 Å². The number of aromatic amines is 1. The van der Waals surface area contributed by atoms with Crippen LogP contribution in [-0.4, -0.2) is 39.1 Å². The third-order valence-electron chi connectivity index (χ3n) is 3.39. The van der Waals surface area contributed by atoms with Crippen molar-refractivity contribution in [1.82, 2.24) is 15.2 Å². The number of carboxylic acids is 1. The molecule has 25 heavy (non-hydrogen) atoms. The van der Waals surface area contributed by atoms with Crippen LogP contribution in [0, 0.1) is 0 Å². The molecule has 0 aliphatic carbocycles. The van der Waals surface area contributed by atoms with Gasteiger partial charge in [-0.3, -0.25) is 9.89 Å². The molecule has 128 valence electrons. The molecule has 3 rings (SSSR count). The summed E-state index contributed by atoms with van der Waals surface area (Å²) in [5.74, 6) is 0.301. The number of aromatic nitrogens is 3. The molecule has 0 fully saturated rings. The van der Waals surface area contributed by atoms with E-state index in [-0.39, 0.29) is 5.75 Å². The zero-order valence-electron chi connectivity index (χ0n) is 13.2. The Hall–Kier alpha value is -2.51. The minimum atomic E-state index is -0.905. The quantitative estimate of drug-likeness (QED) is 0.633. The summed E-state index contributed by atoms with van der Waals surface area (Å²) in [6.07, 6.45) is 0. The molecule has 0 amide bonds. The standard InChI is InChI=1S/C17H14ClN3O3S/c1-24-14-7-12(6-13(18)8-14)10-2-4-11(5-3-10)16-19-17(21-20-16)25-9-15(22)23/h2-8H,9H2,1H3,(H,22,23)(H,19,20,21). The minimum absolute atomic E-state index is 0.0766. The van der Waals surface area contributed by atoms with E-state index in [2.05, 4.69) is 15.2 Å². The van der Waals surface area contributed by atoms with Gasteiger partial charge in [0.25, 0.3) is 0 Å². The number of halogens is 1. The van der Waals surface area contributed by atoms with E-state index in [9.17, 15) is 4.79 Å². The Kier molecular flexibility index (Phi) is 5.25. The summed E-state index contributed by atoms with van der Waals surface area (Å²) in [5, 5.41) is 16.5. The maximum Gasteiger partial charge on any atom is 0.313 e. The summed E-state index contributed by atoms with van der Waals surface area (Å²) >= 11 is 7.18. The fourth-order valence-electron chi connectivity index (χ4n) is 2.23. The molecule has 0 spiro atoms. The summed E-state index contributed by atoms with van der Waals surface area (Å²) in [5.41, 5.74) is 2.79. The van der Waals surface area contributed by atoms with Crippen LogP contribution in [0.2, 0.25) is 5.02 Å². The Morgan fingerprint density at radius 1 is 1.20 bits per heavy atom. The molecule has 2 aromatic carbocycles. The molecule has 0 atom stereocenters. The number of hydrogen-bond donors (Lipinski definition) is 2. The highest BCUT2D eigenvalue weighted by atomic mass is 35.5. The number of nitrogens with zero attached hydrogens (tertiary/aromatic N) is 2. The molecule has 6 nitrogen and oxygen atoms in total. The van der Waals surface area contributed by atoms with Gasteiger partial charge in [-0.05, 0) is 29.3 Å². The van der Waals surface area contributed by atoms with Crippen molar-refractivity contribution in [2.24, 2.45) is 0 Å². The molecular weight excluding hydrogens is 362 g/mol. The average molecular weight is 376 g/mol. The number of rotatable bonds is 6. The van der Waals surface area contributed by atoms with Gasteiger partial charge in [0.1, 0.15) is 5.75 Å². The van der Waals surface area contributed by atoms with Crippen molar-refractivity contribution >= 4 is 29.3 Å². The molecule has 0 saturated heterocycles. The highest BCUT2D eigenvalue weighted by molar-refractivity contribution is 7.99. The average Bonchev–Trinajstić information content (AvgIpc) is 3.08. The zero-order valence-corrected chi connectivity index (χ0v) is 14.8. The number of thioether (sulfide) groups is 1. The van der Waals surface area contributed by atoms with Crippen LogP contribution in [0.4, 0.5) is 0 Å². The number of hydrogen-bond acceptors (Lipinski definition) is 5. The lowest BCUT2D eigenvalue weighted by molar-refractivity contribution is -0.133. The Morgan fingerprint density at radius 2 is 1.92 bits per heavy atom. The van der Waals surface area contributed by atoms with Gasteiger partial charge in [-0.1, -0.05) is 47.6 Å². The number of aliphatic carboxylic acids is 1. The first-order valence-electron chi connectivity index (χ1n) is 7.27. The maximum atomic E-state index is 10.6. The van der Waals surface area contributed by atoms with E-state index in [1.807, 2.05) is 36.4 Å². The van der Waals surface area contributed by atoms with Crippen LogP contribution in [-0.2, 0) is 4.79 Å². The van der Waals surface area contributed by atoms with Gasteiger partial charge in [0, 0.05) is 10.6 Å². The first-order chi connectivity index (χ1) is 12.0. The molecule has 1 heterocycles. The van der Waals surface area contributed by atoms with Gasteiger partial charge < -0.3 is 9.84 Å². The first kappa shape index (κ1) is 17.3. The summed E-state index contributed by atoms with van der Waals surface area (Å²) in [6, 6.07) is 13.3. The van der Waals surface area contributed by atoms with Crippen molar-refractivity contribution in [3.63, 3.8) is 0 Å². The fraction of sp³-hybridized carbons (Fsp3) is 0.118. The number of carboxylic acid groups (broad SMARTS) is 1. The molecule has 3 aromatic rings. The molecule has 0 aliphatic heterocycles. The normalized spacial score (nSPS) is 10.6. The zero-order chi connectivity index (χ0) is 17.8. The molecule has 8 heteroatoms. The van der Waals surface area contributed by atoms with Crippen LogP contribution in [0.5, 0.6) is 5.75 Å². The molecule has 0 saturated carbocycles. The molecule has 0 unspecified atom stereocenters. The van der Waals surface area contributed by atoms with E-state index in [0.717, 1.165) is 28.5 Å². The van der Waals surface area contributed by atoms with Crippen molar-refractivity contribution in [3.05, 3.63) is 47.5 Å². The summed E-state index contributed by atoms with van der Waals surface area (Å²) in [6.45, 7) is 0. The van der Waals surface area contributed by atoms with Gasteiger partial charge in [0.2, 0.25) is 5.16 Å². The van der Waals surface area contributed by atoms with Gasteiger partial charge in [0.05, 0.1) is 12.9 Å². The van der Waals surface area contributed by atoms with Crippen LogP contribution in [0.1, 0.15) is 0 Å². The summed E-state index contributed by atoms with van der Waals surface area (Å²) < 4.78 is 5.24. The lowest BCUT2D eigenvalue weighted by Gasteiger charge is -2.07. The SMILES string of the molecule is COc1cc(Cl)cc(-c2ccc(-c3nc(SCC(=O)O)n[nH]3)cc2)c1. The number of ether oxygens (including phenoxy) is 1. The van der Waals surface area contributed by atoms with Crippen molar-refractivity contribution in [3.8, 4) is 28.3 Å². The minimum Gasteiger partial charge on any atom is -0.497 e. The number of nitrogens with one attached hydrogen (secondary N) is 1. The summed E-state index contributed by atoms with van der Waals surface area (Å²) in [7, 11) is 1.60. The second-order valence-corrected chi connectivity index (χ2v) is 6.49. The van der Waals surface area contributed by atoms with Gasteiger partial charge in [-0.15, -0.1) is 5.10 Å². The van der Waals surface area contributed by atoms with Gasteiger partial charge >= 0.3 is 5.97 Å². The van der Waals surface area contributed by atoms with Crippen LogP contribution >= 0.6 is 23.4 Å². The van der Waals surface area contributed by atoms with E-state index >= 15 is 0 Å². The monoisotopic (exact) mass is 375 g/mol. The van der Waals surface area contributed by atoms with Crippen LogP contribution in [0.3, 0.4) is 0 Å². The molecule has 0 bridgehead atoms. The topological polar surface area (TPSA) is 88.1 Å².